The van der Waals surface area contributed by atoms with E-state index in [1.807, 2.05) is 12.3 Å². The second kappa shape index (κ2) is 4.36. The molecule has 0 spiro atoms. The smallest absolute Gasteiger partial charge is 0.132 e. The van der Waals surface area contributed by atoms with Gasteiger partial charge in [-0.3, -0.25) is 0 Å². The summed E-state index contributed by atoms with van der Waals surface area (Å²) in [5.74, 6) is 0.748. The fraction of sp³-hybridized carbons (Fsp3) is 0.333. The van der Waals surface area contributed by atoms with E-state index < -0.39 is 6.67 Å². The van der Waals surface area contributed by atoms with Gasteiger partial charge in [0.25, 0.3) is 0 Å². The second-order valence-electron chi connectivity index (χ2n) is 2.32. The van der Waals surface area contributed by atoms with Gasteiger partial charge in [0.1, 0.15) is 12.4 Å². The van der Waals surface area contributed by atoms with Gasteiger partial charge in [-0.05, 0) is 24.0 Å². The van der Waals surface area contributed by atoms with Gasteiger partial charge in [-0.2, -0.15) is 0 Å². The number of hydrogen-bond acceptors (Lipinski definition) is 2. The van der Waals surface area contributed by atoms with Crippen molar-refractivity contribution in [2.45, 2.75) is 11.6 Å². The van der Waals surface area contributed by atoms with Crippen molar-refractivity contribution in [2.75, 3.05) is 13.4 Å². The maximum Gasteiger partial charge on any atom is 0.132 e. The minimum atomic E-state index is -0.439. The van der Waals surface area contributed by atoms with Crippen LogP contribution in [0.15, 0.2) is 23.1 Å². The van der Waals surface area contributed by atoms with Crippen LogP contribution in [0.2, 0.25) is 0 Å². The molecule has 0 saturated heterocycles. The molecule has 0 aliphatic heterocycles. The molecule has 0 heterocycles. The molecule has 0 bridgehead atoms. The molecule has 12 heavy (non-hydrogen) atoms. The van der Waals surface area contributed by atoms with Crippen molar-refractivity contribution in [1.82, 2.24) is 0 Å². The Labute approximate surface area is 75.9 Å². The number of benzene rings is 1. The van der Waals surface area contributed by atoms with Gasteiger partial charge in [0.2, 0.25) is 0 Å². The molecular formula is C9H11FOS. The molecule has 0 radical (unpaired) electrons. The summed E-state index contributed by atoms with van der Waals surface area (Å²) in [6.45, 7) is -0.439. The Bertz CT molecular complexity index is 263. The molecule has 66 valence electrons. The molecular weight excluding hydrogens is 175 g/mol. The average molecular weight is 186 g/mol. The van der Waals surface area contributed by atoms with Gasteiger partial charge in [-0.15, -0.1) is 11.8 Å². The molecule has 0 fully saturated rings. The van der Waals surface area contributed by atoms with E-state index in [4.69, 9.17) is 4.74 Å². The molecule has 3 heteroatoms. The zero-order valence-corrected chi connectivity index (χ0v) is 7.95. The highest BCUT2D eigenvalue weighted by Crippen LogP contribution is 2.28. The summed E-state index contributed by atoms with van der Waals surface area (Å²) in [5.41, 5.74) is 0.657. The first-order chi connectivity index (χ1) is 5.81. The number of rotatable bonds is 3. The van der Waals surface area contributed by atoms with E-state index in [1.165, 1.54) is 0 Å². The van der Waals surface area contributed by atoms with E-state index in [1.54, 1.807) is 31.0 Å². The largest absolute Gasteiger partial charge is 0.496 e. The quantitative estimate of drug-likeness (QED) is 0.671. The minimum absolute atomic E-state index is 0.439. The van der Waals surface area contributed by atoms with Gasteiger partial charge in [0.05, 0.1) is 7.11 Å². The molecule has 1 aromatic carbocycles. The fourth-order valence-electron chi connectivity index (χ4n) is 0.964. The Morgan fingerprint density at radius 2 is 2.25 bits per heavy atom. The summed E-state index contributed by atoms with van der Waals surface area (Å²) in [5, 5.41) is 0. The summed E-state index contributed by atoms with van der Waals surface area (Å²) in [6.07, 6.45) is 1.97. The summed E-state index contributed by atoms with van der Waals surface area (Å²) < 4.78 is 17.3. The Hall–Kier alpha value is -0.700. The highest BCUT2D eigenvalue weighted by atomic mass is 32.2. The lowest BCUT2D eigenvalue weighted by molar-refractivity contribution is 0.402. The van der Waals surface area contributed by atoms with Crippen LogP contribution in [0.5, 0.6) is 5.75 Å². The van der Waals surface area contributed by atoms with Crippen molar-refractivity contribution in [3.8, 4) is 5.75 Å². The van der Waals surface area contributed by atoms with Crippen molar-refractivity contribution in [3.05, 3.63) is 23.8 Å². The first kappa shape index (κ1) is 9.39. The number of halogens is 1. The summed E-state index contributed by atoms with van der Waals surface area (Å²) >= 11 is 1.59. The van der Waals surface area contributed by atoms with Crippen LogP contribution in [0.3, 0.4) is 0 Å². The van der Waals surface area contributed by atoms with Crippen LogP contribution < -0.4 is 4.74 Å². The van der Waals surface area contributed by atoms with Gasteiger partial charge in [0.15, 0.2) is 0 Å². The van der Waals surface area contributed by atoms with Crippen molar-refractivity contribution in [2.24, 2.45) is 0 Å². The van der Waals surface area contributed by atoms with E-state index in [9.17, 15) is 4.39 Å². The molecule has 0 amide bonds. The van der Waals surface area contributed by atoms with E-state index in [-0.39, 0.29) is 0 Å². The Kier molecular flexibility index (Phi) is 3.41. The average Bonchev–Trinajstić information content (AvgIpc) is 2.16. The number of methoxy groups -OCH3 is 1. The van der Waals surface area contributed by atoms with Gasteiger partial charge < -0.3 is 4.74 Å². The maximum atomic E-state index is 12.2. The lowest BCUT2D eigenvalue weighted by Gasteiger charge is -2.06. The van der Waals surface area contributed by atoms with Gasteiger partial charge in [0, 0.05) is 4.90 Å². The van der Waals surface area contributed by atoms with Crippen molar-refractivity contribution >= 4 is 11.8 Å². The highest BCUT2D eigenvalue weighted by molar-refractivity contribution is 7.98. The zero-order valence-electron chi connectivity index (χ0n) is 7.13. The van der Waals surface area contributed by atoms with Crippen LogP contribution in [0.4, 0.5) is 4.39 Å². The maximum absolute atomic E-state index is 12.2. The lowest BCUT2D eigenvalue weighted by Crippen LogP contribution is -1.87. The lowest BCUT2D eigenvalue weighted by atomic mass is 10.2. The van der Waals surface area contributed by atoms with Crippen LogP contribution in [0.25, 0.3) is 0 Å². The molecule has 0 aromatic heterocycles. The third-order valence-corrected chi connectivity index (χ3v) is 2.38. The van der Waals surface area contributed by atoms with E-state index in [0.29, 0.717) is 5.56 Å². The third-order valence-electron chi connectivity index (χ3n) is 1.60. The van der Waals surface area contributed by atoms with E-state index in [0.717, 1.165) is 10.6 Å². The van der Waals surface area contributed by atoms with Gasteiger partial charge in [-0.1, -0.05) is 6.07 Å². The van der Waals surface area contributed by atoms with Crippen LogP contribution in [0.1, 0.15) is 5.56 Å². The molecule has 1 aromatic rings. The van der Waals surface area contributed by atoms with E-state index >= 15 is 0 Å². The topological polar surface area (TPSA) is 9.23 Å². The summed E-state index contributed by atoms with van der Waals surface area (Å²) in [6, 6.07) is 5.37. The number of ether oxygens (including phenoxy) is 1. The predicted molar refractivity (Wildman–Crippen MR) is 49.6 cm³/mol. The third kappa shape index (κ3) is 1.91. The van der Waals surface area contributed by atoms with Crippen LogP contribution in [-0.2, 0) is 6.67 Å². The molecule has 1 nitrogen and oxygen atoms in total. The standard InChI is InChI=1S/C9H11FOS/c1-11-8-5-7(6-10)3-4-9(8)12-2/h3-5H,6H2,1-2H3. The van der Waals surface area contributed by atoms with Crippen LogP contribution in [-0.4, -0.2) is 13.4 Å². The first-order valence-electron chi connectivity index (χ1n) is 3.58. The molecule has 1 rings (SSSR count). The fourth-order valence-corrected chi connectivity index (χ4v) is 1.51. The second-order valence-corrected chi connectivity index (χ2v) is 3.17. The normalized spacial score (nSPS) is 9.92. The zero-order chi connectivity index (χ0) is 8.97. The highest BCUT2D eigenvalue weighted by Gasteiger charge is 2.02. The van der Waals surface area contributed by atoms with E-state index in [2.05, 4.69) is 0 Å². The molecule has 0 unspecified atom stereocenters. The number of alkyl halides is 1. The van der Waals surface area contributed by atoms with Crippen molar-refractivity contribution in [1.29, 1.82) is 0 Å². The molecule has 0 atom stereocenters. The monoisotopic (exact) mass is 186 g/mol. The molecule has 0 aliphatic rings. The molecule has 0 saturated carbocycles. The van der Waals surface area contributed by atoms with Crippen LogP contribution >= 0.6 is 11.8 Å². The van der Waals surface area contributed by atoms with Crippen LogP contribution in [0, 0.1) is 0 Å². The number of hydrogen-bond donors (Lipinski definition) is 0. The molecule has 0 aliphatic carbocycles. The minimum Gasteiger partial charge on any atom is -0.496 e. The van der Waals surface area contributed by atoms with Gasteiger partial charge in [-0.25, -0.2) is 4.39 Å². The van der Waals surface area contributed by atoms with Crippen molar-refractivity contribution < 1.29 is 9.13 Å². The summed E-state index contributed by atoms with van der Waals surface area (Å²) in [4.78, 5) is 1.04. The first-order valence-corrected chi connectivity index (χ1v) is 4.81. The van der Waals surface area contributed by atoms with Gasteiger partial charge >= 0.3 is 0 Å². The van der Waals surface area contributed by atoms with Crippen molar-refractivity contribution in [3.63, 3.8) is 0 Å². The SMILES string of the molecule is COc1cc(CF)ccc1SC. The Morgan fingerprint density at radius 3 is 2.75 bits per heavy atom. The predicted octanol–water partition coefficient (Wildman–Crippen LogP) is 2.89. The summed E-state index contributed by atoms with van der Waals surface area (Å²) in [7, 11) is 1.59. The Morgan fingerprint density at radius 1 is 1.50 bits per heavy atom. The Balaban J connectivity index is 3.02. The molecule has 0 N–H and O–H groups in total. The number of thioether (sulfide) groups is 1.